The molecule has 1 aromatic heterocycles. The Labute approximate surface area is 212 Å². The van der Waals surface area contributed by atoms with Crippen molar-refractivity contribution in [3.63, 3.8) is 0 Å². The summed E-state index contributed by atoms with van der Waals surface area (Å²) in [5.74, 6) is 0.609. The molecule has 3 aromatic carbocycles. The van der Waals surface area contributed by atoms with Gasteiger partial charge in [-0.25, -0.2) is 0 Å². The van der Waals surface area contributed by atoms with Gasteiger partial charge in [0.25, 0.3) is 0 Å². The Balaban J connectivity index is 1.42. The topological polar surface area (TPSA) is 61.1 Å². The smallest absolute Gasteiger partial charge is 0.113 e. The van der Waals surface area contributed by atoms with Crippen molar-refractivity contribution in [2.24, 2.45) is 0 Å². The van der Waals surface area contributed by atoms with E-state index in [2.05, 4.69) is 0 Å². The molecule has 186 valence electrons. The minimum Gasteiger partial charge on any atom is -0.469 e. The standard InChI is InChI=1S/C31H32O5/c32-27-19-26(28-17-10-18-33-28)29(34-20-23-11-4-1-5-12-23)31(36-22-25-15-8-3-9-16-25)30(27)35-21-24-13-6-2-7-14-24/h1-18,26-27,29-32H,19-22H2/t26-,27?,29-,30+,31+/m0/s1. The van der Waals surface area contributed by atoms with Crippen LogP contribution in [0.3, 0.4) is 0 Å². The fraction of sp³-hybridized carbons (Fsp3) is 0.290. The third-order valence-electron chi connectivity index (χ3n) is 6.68. The predicted molar refractivity (Wildman–Crippen MR) is 137 cm³/mol. The summed E-state index contributed by atoms with van der Waals surface area (Å²) in [6.45, 7) is 1.19. The molecule has 0 spiro atoms. The zero-order chi connectivity index (χ0) is 24.6. The molecule has 4 aromatic rings. The second-order valence-electron chi connectivity index (χ2n) is 9.21. The minimum atomic E-state index is -0.735. The Morgan fingerprint density at radius 2 is 1.06 bits per heavy atom. The predicted octanol–water partition coefficient (Wildman–Crippen LogP) is 5.88. The van der Waals surface area contributed by atoms with Gasteiger partial charge in [-0.3, -0.25) is 0 Å². The second-order valence-corrected chi connectivity index (χ2v) is 9.21. The Morgan fingerprint density at radius 1 is 0.583 bits per heavy atom. The van der Waals surface area contributed by atoms with Crippen molar-refractivity contribution in [1.29, 1.82) is 0 Å². The van der Waals surface area contributed by atoms with Gasteiger partial charge in [0, 0.05) is 5.92 Å². The Morgan fingerprint density at radius 3 is 1.53 bits per heavy atom. The molecule has 36 heavy (non-hydrogen) atoms. The quantitative estimate of drug-likeness (QED) is 0.304. The van der Waals surface area contributed by atoms with Gasteiger partial charge in [0.2, 0.25) is 0 Å². The number of aliphatic hydroxyl groups is 1. The van der Waals surface area contributed by atoms with E-state index in [1.165, 1.54) is 0 Å². The number of rotatable bonds is 10. The van der Waals surface area contributed by atoms with Crippen LogP contribution in [0.4, 0.5) is 0 Å². The van der Waals surface area contributed by atoms with E-state index in [9.17, 15) is 5.11 Å². The third-order valence-corrected chi connectivity index (χ3v) is 6.68. The molecule has 5 atom stereocenters. The lowest BCUT2D eigenvalue weighted by atomic mass is 9.79. The highest BCUT2D eigenvalue weighted by molar-refractivity contribution is 5.18. The van der Waals surface area contributed by atoms with Gasteiger partial charge in [0.1, 0.15) is 18.0 Å². The van der Waals surface area contributed by atoms with Gasteiger partial charge >= 0.3 is 0 Å². The first-order valence-corrected chi connectivity index (χ1v) is 12.5. The van der Waals surface area contributed by atoms with Gasteiger partial charge in [0.05, 0.1) is 38.3 Å². The van der Waals surface area contributed by atoms with E-state index in [1.54, 1.807) is 6.26 Å². The Bertz CT molecular complexity index is 1150. The fourth-order valence-corrected chi connectivity index (χ4v) is 4.85. The van der Waals surface area contributed by atoms with Crippen LogP contribution >= 0.6 is 0 Å². The molecular formula is C31H32O5. The van der Waals surface area contributed by atoms with Gasteiger partial charge in [-0.1, -0.05) is 91.0 Å². The zero-order valence-electron chi connectivity index (χ0n) is 20.2. The maximum atomic E-state index is 11.3. The lowest BCUT2D eigenvalue weighted by Crippen LogP contribution is -2.55. The minimum absolute atomic E-state index is 0.170. The molecule has 0 bridgehead atoms. The molecule has 1 aliphatic rings. The van der Waals surface area contributed by atoms with Crippen LogP contribution in [0, 0.1) is 0 Å². The van der Waals surface area contributed by atoms with Crippen molar-refractivity contribution in [3.8, 4) is 0 Å². The van der Waals surface area contributed by atoms with E-state index >= 15 is 0 Å². The summed E-state index contributed by atoms with van der Waals surface area (Å²) in [5.41, 5.74) is 3.17. The van der Waals surface area contributed by atoms with E-state index in [1.807, 2.05) is 103 Å². The van der Waals surface area contributed by atoms with Crippen molar-refractivity contribution in [1.82, 2.24) is 0 Å². The van der Waals surface area contributed by atoms with Crippen molar-refractivity contribution in [2.75, 3.05) is 0 Å². The highest BCUT2D eigenvalue weighted by atomic mass is 16.6. The van der Waals surface area contributed by atoms with Gasteiger partial charge in [-0.2, -0.15) is 0 Å². The molecule has 1 fully saturated rings. The largest absolute Gasteiger partial charge is 0.469 e. The number of ether oxygens (including phenoxy) is 3. The summed E-state index contributed by atoms with van der Waals surface area (Å²) < 4.78 is 25.2. The molecule has 5 heteroatoms. The highest BCUT2D eigenvalue weighted by Crippen LogP contribution is 2.39. The van der Waals surface area contributed by atoms with E-state index < -0.39 is 18.3 Å². The van der Waals surface area contributed by atoms with Gasteiger partial charge in [-0.15, -0.1) is 0 Å². The van der Waals surface area contributed by atoms with Crippen LogP contribution in [-0.4, -0.2) is 29.5 Å². The normalized spacial score (nSPS) is 24.0. The van der Waals surface area contributed by atoms with E-state index in [0.29, 0.717) is 26.2 Å². The monoisotopic (exact) mass is 484 g/mol. The molecular weight excluding hydrogens is 452 g/mol. The summed E-state index contributed by atoms with van der Waals surface area (Å²) >= 11 is 0. The first kappa shape index (κ1) is 24.5. The molecule has 0 radical (unpaired) electrons. The maximum Gasteiger partial charge on any atom is 0.113 e. The summed E-state index contributed by atoms with van der Waals surface area (Å²) in [7, 11) is 0. The number of hydrogen-bond donors (Lipinski definition) is 1. The highest BCUT2D eigenvalue weighted by Gasteiger charge is 2.48. The van der Waals surface area contributed by atoms with E-state index in [0.717, 1.165) is 22.5 Å². The van der Waals surface area contributed by atoms with Crippen LogP contribution in [0.1, 0.15) is 34.8 Å². The number of hydrogen-bond acceptors (Lipinski definition) is 5. The summed E-state index contributed by atoms with van der Waals surface area (Å²) in [5, 5.41) is 11.3. The fourth-order valence-electron chi connectivity index (χ4n) is 4.85. The van der Waals surface area contributed by atoms with Crippen molar-refractivity contribution >= 4 is 0 Å². The molecule has 0 aliphatic heterocycles. The van der Waals surface area contributed by atoms with E-state index in [4.69, 9.17) is 18.6 Å². The summed E-state index contributed by atoms with van der Waals surface area (Å²) in [4.78, 5) is 0. The van der Waals surface area contributed by atoms with Crippen LogP contribution in [0.2, 0.25) is 0 Å². The SMILES string of the molecule is OC1C[C@@H](c2ccco2)[C@H](OCc2ccccc2)[C@@H](OCc2ccccc2)[C@@H]1OCc1ccccc1. The van der Waals surface area contributed by atoms with Crippen LogP contribution in [-0.2, 0) is 34.0 Å². The average Bonchev–Trinajstić information content (AvgIpc) is 3.47. The molecule has 1 aliphatic carbocycles. The number of furan rings is 1. The van der Waals surface area contributed by atoms with Crippen LogP contribution < -0.4 is 0 Å². The van der Waals surface area contributed by atoms with Crippen molar-refractivity contribution in [2.45, 2.75) is 56.6 Å². The molecule has 5 rings (SSSR count). The molecule has 0 saturated heterocycles. The van der Waals surface area contributed by atoms with E-state index in [-0.39, 0.29) is 12.0 Å². The lowest BCUT2D eigenvalue weighted by Gasteiger charge is -2.44. The Kier molecular flexibility index (Phi) is 8.26. The lowest BCUT2D eigenvalue weighted by molar-refractivity contribution is -0.209. The van der Waals surface area contributed by atoms with Crippen LogP contribution in [0.5, 0.6) is 0 Å². The van der Waals surface area contributed by atoms with Crippen molar-refractivity contribution in [3.05, 3.63) is 132 Å². The first-order valence-electron chi connectivity index (χ1n) is 12.5. The molecule has 1 heterocycles. The maximum absolute atomic E-state index is 11.3. The number of aliphatic hydroxyl groups excluding tert-OH is 1. The van der Waals surface area contributed by atoms with Crippen molar-refractivity contribution < 1.29 is 23.7 Å². The van der Waals surface area contributed by atoms with Crippen LogP contribution in [0.15, 0.2) is 114 Å². The molecule has 1 N–H and O–H groups in total. The molecule has 0 amide bonds. The summed E-state index contributed by atoms with van der Waals surface area (Å²) in [6, 6.07) is 33.9. The number of benzene rings is 3. The Hall–Kier alpha value is -3.22. The zero-order valence-corrected chi connectivity index (χ0v) is 20.2. The van der Waals surface area contributed by atoms with Gasteiger partial charge in [-0.05, 0) is 35.2 Å². The molecule has 5 nitrogen and oxygen atoms in total. The summed E-state index contributed by atoms with van der Waals surface area (Å²) in [6.07, 6.45) is -0.0476. The molecule has 1 saturated carbocycles. The van der Waals surface area contributed by atoms with Gasteiger partial charge in [0.15, 0.2) is 0 Å². The van der Waals surface area contributed by atoms with Crippen LogP contribution in [0.25, 0.3) is 0 Å². The second kappa shape index (κ2) is 12.2. The van der Waals surface area contributed by atoms with Gasteiger partial charge < -0.3 is 23.7 Å². The average molecular weight is 485 g/mol. The first-order chi connectivity index (χ1) is 17.8. The molecule has 1 unspecified atom stereocenters. The third kappa shape index (κ3) is 6.12.